The molecule has 0 aliphatic carbocycles. The molecule has 12 nitrogen and oxygen atoms in total. The van der Waals surface area contributed by atoms with Gasteiger partial charge in [0.1, 0.15) is 11.3 Å². The van der Waals surface area contributed by atoms with E-state index in [-0.39, 0.29) is 48.1 Å². The molecule has 2 aromatic heterocycles. The number of fused-ring (bicyclic) bond motifs is 2. The van der Waals surface area contributed by atoms with E-state index >= 15 is 0 Å². The Bertz CT molecular complexity index is 1620. The summed E-state index contributed by atoms with van der Waals surface area (Å²) in [4.78, 5) is 68.3. The van der Waals surface area contributed by atoms with Crippen LogP contribution in [0.3, 0.4) is 0 Å². The number of furan rings is 1. The van der Waals surface area contributed by atoms with Gasteiger partial charge in [0, 0.05) is 23.7 Å². The molecule has 2 atom stereocenters. The summed E-state index contributed by atoms with van der Waals surface area (Å²) in [6, 6.07) is 5.24. The second-order valence-corrected chi connectivity index (χ2v) is 9.59. The molecule has 13 heteroatoms. The molecule has 1 aromatic carbocycles. The number of amides is 5. The Morgan fingerprint density at radius 1 is 1.16 bits per heavy atom. The first-order chi connectivity index (χ1) is 18.1. The Morgan fingerprint density at radius 3 is 2.61 bits per heavy atom. The quantitative estimate of drug-likeness (QED) is 0.331. The van der Waals surface area contributed by atoms with Crippen molar-refractivity contribution in [2.45, 2.75) is 31.0 Å². The Balaban J connectivity index is 1.39. The fraction of sp³-hybridized carbons (Fsp3) is 0.280. The number of ketones is 1. The van der Waals surface area contributed by atoms with E-state index in [1.807, 2.05) is 0 Å². The summed E-state index contributed by atoms with van der Waals surface area (Å²) in [5.41, 5.74) is -2.36. The predicted octanol–water partition coefficient (Wildman–Crippen LogP) is 0.970. The van der Waals surface area contributed by atoms with Crippen LogP contribution in [0.5, 0.6) is 5.75 Å². The van der Waals surface area contributed by atoms with Crippen LogP contribution in [-0.4, -0.2) is 53.1 Å². The molecular formula is C25H20FN5O7. The van der Waals surface area contributed by atoms with Gasteiger partial charge >= 0.3 is 6.03 Å². The number of halogens is 1. The van der Waals surface area contributed by atoms with Crippen LogP contribution in [-0.2, 0) is 32.0 Å². The zero-order chi connectivity index (χ0) is 27.0. The molecule has 3 N–H and O–H groups in total. The number of methoxy groups -OCH3 is 1. The number of pyridine rings is 1. The van der Waals surface area contributed by atoms with Crippen LogP contribution >= 0.6 is 0 Å². The largest absolute Gasteiger partial charge is 0.494 e. The molecule has 194 valence electrons. The zero-order valence-electron chi connectivity index (χ0n) is 20.1. The fourth-order valence-corrected chi connectivity index (χ4v) is 5.19. The monoisotopic (exact) mass is 521 g/mol. The fourth-order valence-electron chi connectivity index (χ4n) is 5.19. The molecule has 5 amide bonds. The highest BCUT2D eigenvalue weighted by molar-refractivity contribution is 6.11. The molecule has 0 radical (unpaired) electrons. The third-order valence-electron chi connectivity index (χ3n) is 7.28. The third-order valence-corrected chi connectivity index (χ3v) is 7.28. The first-order valence-electron chi connectivity index (χ1n) is 11.6. The van der Waals surface area contributed by atoms with E-state index < -0.39 is 40.6 Å². The highest BCUT2D eigenvalue weighted by atomic mass is 19.1. The van der Waals surface area contributed by atoms with Crippen LogP contribution in [0.4, 0.5) is 9.18 Å². The highest BCUT2D eigenvalue weighted by Crippen LogP contribution is 2.37. The molecule has 1 unspecified atom stereocenters. The summed E-state index contributed by atoms with van der Waals surface area (Å²) in [5.74, 6) is -3.09. The Morgan fingerprint density at radius 2 is 1.95 bits per heavy atom. The maximum Gasteiger partial charge on any atom is 0.322 e. The number of hydrogen-bond donors (Lipinski definition) is 3. The van der Waals surface area contributed by atoms with E-state index in [1.165, 1.54) is 30.3 Å². The molecule has 0 saturated carbocycles. The first kappa shape index (κ1) is 23.6. The van der Waals surface area contributed by atoms with Crippen molar-refractivity contribution in [2.24, 2.45) is 0 Å². The van der Waals surface area contributed by atoms with Crippen molar-refractivity contribution in [2.75, 3.05) is 13.7 Å². The van der Waals surface area contributed by atoms with E-state index in [0.717, 1.165) is 0 Å². The third kappa shape index (κ3) is 3.20. The molecule has 5 heterocycles. The van der Waals surface area contributed by atoms with Crippen molar-refractivity contribution in [1.82, 2.24) is 25.8 Å². The summed E-state index contributed by atoms with van der Waals surface area (Å²) < 4.78 is 25.7. The van der Waals surface area contributed by atoms with Crippen LogP contribution in [0.25, 0.3) is 11.1 Å². The lowest BCUT2D eigenvalue weighted by atomic mass is 9.90. The smallest absolute Gasteiger partial charge is 0.322 e. The zero-order valence-corrected chi connectivity index (χ0v) is 20.1. The number of imide groups is 1. The summed E-state index contributed by atoms with van der Waals surface area (Å²) >= 11 is 0. The van der Waals surface area contributed by atoms with Gasteiger partial charge < -0.3 is 24.7 Å². The SMILES string of the molecule is COc1ccc2c(c1F)C(=O)N(C[C@@]1(c3cc4cc(C5(C)NC(=O)CC5=O)cnc4o3)NC(=O)NC1=O)C2. The molecule has 3 aromatic rings. The molecule has 0 spiro atoms. The summed E-state index contributed by atoms with van der Waals surface area (Å²) in [7, 11) is 1.29. The molecule has 0 bridgehead atoms. The molecule has 2 saturated heterocycles. The van der Waals surface area contributed by atoms with E-state index in [1.54, 1.807) is 19.1 Å². The molecule has 6 rings (SSSR count). The molecule has 3 aliphatic heterocycles. The molecular weight excluding hydrogens is 501 g/mol. The maximum atomic E-state index is 14.9. The number of ether oxygens (including phenoxy) is 1. The van der Waals surface area contributed by atoms with E-state index in [4.69, 9.17) is 9.15 Å². The predicted molar refractivity (Wildman–Crippen MR) is 125 cm³/mol. The Hall–Kier alpha value is -4.81. The van der Waals surface area contributed by atoms with Crippen LogP contribution in [0.2, 0.25) is 0 Å². The number of carbonyl (C=O) groups is 5. The van der Waals surface area contributed by atoms with Gasteiger partial charge in [0.15, 0.2) is 22.9 Å². The van der Waals surface area contributed by atoms with E-state index in [0.29, 0.717) is 16.5 Å². The lowest BCUT2D eigenvalue weighted by molar-refractivity contribution is -0.125. The van der Waals surface area contributed by atoms with Gasteiger partial charge in [-0.25, -0.2) is 14.2 Å². The average molecular weight is 521 g/mol. The van der Waals surface area contributed by atoms with Crippen LogP contribution in [0, 0.1) is 5.82 Å². The van der Waals surface area contributed by atoms with Crippen molar-refractivity contribution in [3.8, 4) is 5.75 Å². The average Bonchev–Trinajstić information content (AvgIpc) is 3.58. The normalized spacial score (nSPS) is 24.6. The lowest BCUT2D eigenvalue weighted by Crippen LogP contribution is -2.52. The van der Waals surface area contributed by atoms with Crippen molar-refractivity contribution in [1.29, 1.82) is 0 Å². The van der Waals surface area contributed by atoms with Crippen molar-refractivity contribution in [3.63, 3.8) is 0 Å². The van der Waals surface area contributed by atoms with Gasteiger partial charge in [-0.2, -0.15) is 0 Å². The van der Waals surface area contributed by atoms with Gasteiger partial charge in [-0.05, 0) is 30.7 Å². The minimum atomic E-state index is -1.84. The maximum absolute atomic E-state index is 14.9. The minimum Gasteiger partial charge on any atom is -0.494 e. The number of urea groups is 1. The lowest BCUT2D eigenvalue weighted by Gasteiger charge is -2.28. The van der Waals surface area contributed by atoms with Gasteiger partial charge in [-0.1, -0.05) is 6.07 Å². The van der Waals surface area contributed by atoms with Crippen molar-refractivity contribution < 1.29 is 37.5 Å². The molecule has 38 heavy (non-hydrogen) atoms. The first-order valence-corrected chi connectivity index (χ1v) is 11.6. The number of benzene rings is 1. The Kier molecular flexibility index (Phi) is 4.87. The number of Topliss-reactive ketones (excluding diaryl/α,β-unsaturated/α-hetero) is 1. The minimum absolute atomic E-state index is 0.0111. The summed E-state index contributed by atoms with van der Waals surface area (Å²) in [5, 5.41) is 7.77. The van der Waals surface area contributed by atoms with Gasteiger partial charge in [0.2, 0.25) is 11.6 Å². The molecule has 2 fully saturated rings. The highest BCUT2D eigenvalue weighted by Gasteiger charge is 2.53. The second-order valence-electron chi connectivity index (χ2n) is 9.59. The van der Waals surface area contributed by atoms with Crippen LogP contribution in [0.1, 0.15) is 40.6 Å². The standard InChI is InChI=1S/C25H20FN5O7/c1-24(15(32)7-17(33)29-24)13-5-12-6-16(38-20(12)27-8-13)25(22(35)28-23(36)30-25)10-31-9-11-3-4-14(37-2)19(26)18(11)21(31)34/h3-6,8H,7,9-10H2,1-2H3,(H,29,33)(H2,28,30,35,36)/t24?,25-/m0/s1. The van der Waals surface area contributed by atoms with E-state index in [9.17, 15) is 28.4 Å². The van der Waals surface area contributed by atoms with Crippen LogP contribution < -0.4 is 20.7 Å². The Labute approximate surface area is 213 Å². The second kappa shape index (κ2) is 7.84. The van der Waals surface area contributed by atoms with Crippen molar-refractivity contribution in [3.05, 3.63) is 58.7 Å². The number of nitrogens with zero attached hydrogens (tertiary/aromatic N) is 2. The number of aromatic nitrogens is 1. The topological polar surface area (TPSA) is 160 Å². The summed E-state index contributed by atoms with van der Waals surface area (Å²) in [6.45, 7) is 1.20. The number of hydrogen-bond acceptors (Lipinski definition) is 8. The number of carbonyl (C=O) groups excluding carboxylic acids is 5. The van der Waals surface area contributed by atoms with Gasteiger partial charge in [-0.3, -0.25) is 24.5 Å². The van der Waals surface area contributed by atoms with E-state index in [2.05, 4.69) is 20.9 Å². The van der Waals surface area contributed by atoms with Crippen LogP contribution in [0.15, 0.2) is 34.9 Å². The number of rotatable bonds is 5. The summed E-state index contributed by atoms with van der Waals surface area (Å²) in [6.07, 6.45) is 1.13. The van der Waals surface area contributed by atoms with Gasteiger partial charge in [0.05, 0.1) is 25.6 Å². The molecule has 3 aliphatic rings. The number of nitrogens with one attached hydrogen (secondary N) is 3. The van der Waals surface area contributed by atoms with Gasteiger partial charge in [-0.15, -0.1) is 0 Å². The van der Waals surface area contributed by atoms with Crippen molar-refractivity contribution >= 4 is 40.6 Å². The van der Waals surface area contributed by atoms with Gasteiger partial charge in [0.25, 0.3) is 11.8 Å².